The molecule has 0 fully saturated rings. The highest BCUT2D eigenvalue weighted by molar-refractivity contribution is 9.10. The number of likely N-dealkylation sites (N-methyl/N-ethyl adjacent to an activating group) is 1. The first-order chi connectivity index (χ1) is 14.1. The summed E-state index contributed by atoms with van der Waals surface area (Å²) in [4.78, 5) is 13.3. The second-order valence-corrected chi connectivity index (χ2v) is 7.62. The minimum Gasteiger partial charge on any atom is -0.489 e. The Morgan fingerprint density at radius 3 is 2.41 bits per heavy atom. The van der Waals surface area contributed by atoms with E-state index in [1.165, 1.54) is 0 Å². The molecular formula is C24H24BrNO3. The molecule has 0 aliphatic rings. The van der Waals surface area contributed by atoms with E-state index >= 15 is 0 Å². The highest BCUT2D eigenvalue weighted by Gasteiger charge is 2.10. The molecule has 0 spiro atoms. The van der Waals surface area contributed by atoms with Gasteiger partial charge in [0.2, 0.25) is 0 Å². The Morgan fingerprint density at radius 1 is 1.03 bits per heavy atom. The Labute approximate surface area is 179 Å². The van der Waals surface area contributed by atoms with Crippen molar-refractivity contribution < 1.29 is 14.6 Å². The van der Waals surface area contributed by atoms with Crippen molar-refractivity contribution in [3.05, 3.63) is 94.0 Å². The van der Waals surface area contributed by atoms with E-state index in [9.17, 15) is 4.79 Å². The molecule has 0 heterocycles. The standard InChI is InChI=1S/C24H24BrNO3/c1-2-26(22-11-8-19(9-12-22)24(27)28)15-14-20-16-21(25)10-13-23(20)29-17-18-6-4-3-5-7-18/h3-13,16H,2,14-15,17H2,1H3,(H,27,28). The molecule has 0 aliphatic carbocycles. The molecule has 0 unspecified atom stereocenters. The second-order valence-electron chi connectivity index (χ2n) is 6.71. The van der Waals surface area contributed by atoms with Crippen molar-refractivity contribution in [3.8, 4) is 5.75 Å². The van der Waals surface area contributed by atoms with Crippen LogP contribution in [0.1, 0.15) is 28.4 Å². The van der Waals surface area contributed by atoms with Gasteiger partial charge in [-0.3, -0.25) is 0 Å². The fourth-order valence-corrected chi connectivity index (χ4v) is 3.57. The molecule has 0 bridgehead atoms. The number of halogens is 1. The monoisotopic (exact) mass is 453 g/mol. The molecule has 0 saturated carbocycles. The molecule has 3 aromatic rings. The topological polar surface area (TPSA) is 49.8 Å². The molecule has 1 N–H and O–H groups in total. The van der Waals surface area contributed by atoms with Crippen molar-refractivity contribution in [2.24, 2.45) is 0 Å². The summed E-state index contributed by atoms with van der Waals surface area (Å²) >= 11 is 3.56. The fraction of sp³-hybridized carbons (Fsp3) is 0.208. The lowest BCUT2D eigenvalue weighted by Crippen LogP contribution is -2.25. The summed E-state index contributed by atoms with van der Waals surface area (Å²) in [5.74, 6) is -0.0247. The predicted molar refractivity (Wildman–Crippen MR) is 120 cm³/mol. The molecule has 4 nitrogen and oxygen atoms in total. The normalized spacial score (nSPS) is 10.6. The van der Waals surface area contributed by atoms with Gasteiger partial charge in [0.25, 0.3) is 0 Å². The number of anilines is 1. The molecule has 29 heavy (non-hydrogen) atoms. The quantitative estimate of drug-likeness (QED) is 0.444. The Hall–Kier alpha value is -2.79. The van der Waals surface area contributed by atoms with Crippen molar-refractivity contribution >= 4 is 27.6 Å². The molecule has 150 valence electrons. The lowest BCUT2D eigenvalue weighted by atomic mass is 10.1. The maximum atomic E-state index is 11.1. The lowest BCUT2D eigenvalue weighted by molar-refractivity contribution is 0.0697. The van der Waals surface area contributed by atoms with Gasteiger partial charge in [0.05, 0.1) is 5.56 Å². The first kappa shape index (κ1) is 20.9. The van der Waals surface area contributed by atoms with Crippen LogP contribution in [0.2, 0.25) is 0 Å². The zero-order valence-electron chi connectivity index (χ0n) is 16.3. The summed E-state index contributed by atoms with van der Waals surface area (Å²) in [5.41, 5.74) is 3.58. The number of rotatable bonds is 9. The molecule has 0 aromatic heterocycles. The van der Waals surface area contributed by atoms with Crippen molar-refractivity contribution in [2.75, 3.05) is 18.0 Å². The molecule has 3 aromatic carbocycles. The number of carbonyl (C=O) groups is 1. The van der Waals surface area contributed by atoms with Gasteiger partial charge >= 0.3 is 5.97 Å². The van der Waals surface area contributed by atoms with E-state index in [1.807, 2.05) is 42.5 Å². The van der Waals surface area contributed by atoms with E-state index in [-0.39, 0.29) is 0 Å². The van der Waals surface area contributed by atoms with Crippen LogP contribution >= 0.6 is 15.9 Å². The van der Waals surface area contributed by atoms with Crippen LogP contribution in [0, 0.1) is 0 Å². The average molecular weight is 454 g/mol. The van der Waals surface area contributed by atoms with Crippen molar-refractivity contribution in [3.63, 3.8) is 0 Å². The predicted octanol–water partition coefficient (Wildman–Crippen LogP) is 5.80. The number of benzene rings is 3. The molecule has 0 saturated heterocycles. The van der Waals surface area contributed by atoms with Crippen LogP contribution in [0.15, 0.2) is 77.3 Å². The van der Waals surface area contributed by atoms with Gasteiger partial charge in [-0.05, 0) is 66.9 Å². The van der Waals surface area contributed by atoms with Crippen LogP contribution in [0.25, 0.3) is 0 Å². The summed E-state index contributed by atoms with van der Waals surface area (Å²) < 4.78 is 7.11. The zero-order valence-corrected chi connectivity index (χ0v) is 17.9. The Kier molecular flexibility index (Phi) is 7.30. The Balaban J connectivity index is 1.69. The summed E-state index contributed by atoms with van der Waals surface area (Å²) in [6.45, 7) is 4.27. The van der Waals surface area contributed by atoms with Gasteiger partial charge in [-0.15, -0.1) is 0 Å². The number of hydrogen-bond acceptors (Lipinski definition) is 3. The first-order valence-electron chi connectivity index (χ1n) is 9.60. The van der Waals surface area contributed by atoms with Gasteiger partial charge in [-0.25, -0.2) is 4.79 Å². The van der Waals surface area contributed by atoms with E-state index in [4.69, 9.17) is 9.84 Å². The van der Waals surface area contributed by atoms with Gasteiger partial charge in [0.15, 0.2) is 0 Å². The molecule has 3 rings (SSSR count). The summed E-state index contributed by atoms with van der Waals surface area (Å²) in [6, 6.07) is 23.2. The highest BCUT2D eigenvalue weighted by Crippen LogP contribution is 2.26. The SMILES string of the molecule is CCN(CCc1cc(Br)ccc1OCc1ccccc1)c1ccc(C(=O)O)cc1. The Morgan fingerprint density at radius 2 is 1.76 bits per heavy atom. The van der Waals surface area contributed by atoms with Gasteiger partial charge < -0.3 is 14.7 Å². The number of ether oxygens (including phenoxy) is 1. The van der Waals surface area contributed by atoms with Gasteiger partial charge in [-0.2, -0.15) is 0 Å². The lowest BCUT2D eigenvalue weighted by Gasteiger charge is -2.24. The third-order valence-electron chi connectivity index (χ3n) is 4.77. The van der Waals surface area contributed by atoms with Crippen LogP contribution < -0.4 is 9.64 Å². The third kappa shape index (κ3) is 5.84. The summed E-state index contributed by atoms with van der Waals surface area (Å²) in [7, 11) is 0. The first-order valence-corrected chi connectivity index (χ1v) is 10.4. The van der Waals surface area contributed by atoms with Crippen LogP contribution in [-0.2, 0) is 13.0 Å². The van der Waals surface area contributed by atoms with Crippen molar-refractivity contribution in [1.29, 1.82) is 0 Å². The number of carboxylic acids is 1. The molecule has 5 heteroatoms. The third-order valence-corrected chi connectivity index (χ3v) is 5.27. The van der Waals surface area contributed by atoms with Gasteiger partial charge in [-0.1, -0.05) is 46.3 Å². The minimum absolute atomic E-state index is 0.299. The van der Waals surface area contributed by atoms with Crippen LogP contribution in [0.4, 0.5) is 5.69 Å². The number of aromatic carboxylic acids is 1. The summed E-state index contributed by atoms with van der Waals surface area (Å²) in [5, 5.41) is 9.08. The highest BCUT2D eigenvalue weighted by atomic mass is 79.9. The smallest absolute Gasteiger partial charge is 0.335 e. The van der Waals surface area contributed by atoms with E-state index < -0.39 is 5.97 Å². The molecule has 0 aliphatic heterocycles. The van der Waals surface area contributed by atoms with E-state index in [0.29, 0.717) is 12.2 Å². The van der Waals surface area contributed by atoms with E-state index in [1.54, 1.807) is 12.1 Å². The van der Waals surface area contributed by atoms with Crippen LogP contribution in [0.3, 0.4) is 0 Å². The van der Waals surface area contributed by atoms with Crippen LogP contribution in [-0.4, -0.2) is 24.2 Å². The van der Waals surface area contributed by atoms with Crippen molar-refractivity contribution in [2.45, 2.75) is 20.0 Å². The molecule has 0 amide bonds. The van der Waals surface area contributed by atoms with Gasteiger partial charge in [0, 0.05) is 23.2 Å². The Bertz CT molecular complexity index is 942. The largest absolute Gasteiger partial charge is 0.489 e. The van der Waals surface area contributed by atoms with Gasteiger partial charge in [0.1, 0.15) is 12.4 Å². The summed E-state index contributed by atoms with van der Waals surface area (Å²) in [6.07, 6.45) is 0.818. The second kappa shape index (κ2) is 10.1. The zero-order chi connectivity index (χ0) is 20.6. The average Bonchev–Trinajstić information content (AvgIpc) is 2.74. The molecule has 0 radical (unpaired) electrons. The van der Waals surface area contributed by atoms with E-state index in [0.717, 1.165) is 46.5 Å². The van der Waals surface area contributed by atoms with Crippen molar-refractivity contribution in [1.82, 2.24) is 0 Å². The number of carboxylic acid groups (broad SMARTS) is 1. The maximum Gasteiger partial charge on any atom is 0.335 e. The maximum absolute atomic E-state index is 11.1. The van der Waals surface area contributed by atoms with E-state index in [2.05, 4.69) is 46.0 Å². The fourth-order valence-electron chi connectivity index (χ4n) is 3.16. The number of nitrogens with zero attached hydrogens (tertiary/aromatic N) is 1. The number of hydrogen-bond donors (Lipinski definition) is 1. The van der Waals surface area contributed by atoms with Crippen LogP contribution in [0.5, 0.6) is 5.75 Å². The molecular weight excluding hydrogens is 430 g/mol. The minimum atomic E-state index is -0.908. The molecule has 0 atom stereocenters.